The first-order valence-electron chi connectivity index (χ1n) is 5.09. The van der Waals surface area contributed by atoms with Gasteiger partial charge in [-0.05, 0) is 36.4 Å². The van der Waals surface area contributed by atoms with Crippen LogP contribution in [0.4, 0.5) is 0 Å². The van der Waals surface area contributed by atoms with Gasteiger partial charge in [0.2, 0.25) is 0 Å². The van der Waals surface area contributed by atoms with Crippen molar-refractivity contribution >= 4 is 44.7 Å². The maximum atomic E-state index is 6.11. The van der Waals surface area contributed by atoms with E-state index in [1.54, 1.807) is 18.2 Å². The normalized spacial score (nSPS) is 10.1. The van der Waals surface area contributed by atoms with Gasteiger partial charge in [0.25, 0.3) is 0 Å². The first-order valence-corrected chi connectivity index (χ1v) is 6.67. The Morgan fingerprint density at radius 2 is 2.00 bits per heavy atom. The standard InChI is InChI=1S/C13H9BrClNOS/c14-9-2-1-3-10(7-9)17-12-5-4-8(13(16)18)6-11(12)15/h1-7H,(H2,16,18). The topological polar surface area (TPSA) is 35.2 Å². The van der Waals surface area contributed by atoms with Gasteiger partial charge in [0.15, 0.2) is 0 Å². The van der Waals surface area contributed by atoms with Gasteiger partial charge in [0.05, 0.1) is 5.02 Å². The van der Waals surface area contributed by atoms with E-state index in [0.29, 0.717) is 21.5 Å². The molecule has 2 aromatic rings. The van der Waals surface area contributed by atoms with Gasteiger partial charge >= 0.3 is 0 Å². The molecular formula is C13H9BrClNOS. The molecule has 2 aromatic carbocycles. The quantitative estimate of drug-likeness (QED) is 0.832. The van der Waals surface area contributed by atoms with E-state index in [1.807, 2.05) is 24.3 Å². The minimum absolute atomic E-state index is 0.311. The summed E-state index contributed by atoms with van der Waals surface area (Å²) in [6.45, 7) is 0. The highest BCUT2D eigenvalue weighted by Crippen LogP contribution is 2.31. The van der Waals surface area contributed by atoms with Crippen LogP contribution < -0.4 is 10.5 Å². The third-order valence-electron chi connectivity index (χ3n) is 2.24. The lowest BCUT2D eigenvalue weighted by Gasteiger charge is -2.09. The van der Waals surface area contributed by atoms with Crippen molar-refractivity contribution in [3.63, 3.8) is 0 Å². The van der Waals surface area contributed by atoms with E-state index in [1.165, 1.54) is 0 Å². The molecule has 18 heavy (non-hydrogen) atoms. The highest BCUT2D eigenvalue weighted by molar-refractivity contribution is 9.10. The predicted octanol–water partition coefficient (Wildman–Crippen LogP) is 4.53. The van der Waals surface area contributed by atoms with Crippen LogP contribution in [0, 0.1) is 0 Å². The smallest absolute Gasteiger partial charge is 0.146 e. The number of halogens is 2. The molecule has 0 aromatic heterocycles. The van der Waals surface area contributed by atoms with Crippen LogP contribution in [0.2, 0.25) is 5.02 Å². The molecule has 0 saturated heterocycles. The number of ether oxygens (including phenoxy) is 1. The third kappa shape index (κ3) is 3.22. The van der Waals surface area contributed by atoms with E-state index in [2.05, 4.69) is 15.9 Å². The molecule has 0 amide bonds. The second-order valence-electron chi connectivity index (χ2n) is 3.57. The predicted molar refractivity (Wildman–Crippen MR) is 81.6 cm³/mol. The Bertz CT molecular complexity index is 603. The number of nitrogens with two attached hydrogens (primary N) is 1. The lowest BCUT2D eigenvalue weighted by molar-refractivity contribution is 0.482. The minimum Gasteiger partial charge on any atom is -0.456 e. The Kier molecular flexibility index (Phi) is 4.22. The Labute approximate surface area is 124 Å². The van der Waals surface area contributed by atoms with Gasteiger partial charge in [-0.1, -0.05) is 45.8 Å². The third-order valence-corrected chi connectivity index (χ3v) is 3.26. The zero-order chi connectivity index (χ0) is 13.1. The summed E-state index contributed by atoms with van der Waals surface area (Å²) >= 11 is 14.4. The van der Waals surface area contributed by atoms with Crippen LogP contribution in [0.25, 0.3) is 0 Å². The van der Waals surface area contributed by atoms with Crippen molar-refractivity contribution in [2.24, 2.45) is 5.73 Å². The molecule has 2 N–H and O–H groups in total. The van der Waals surface area contributed by atoms with Crippen LogP contribution in [0.15, 0.2) is 46.9 Å². The summed E-state index contributed by atoms with van der Waals surface area (Å²) < 4.78 is 6.62. The molecule has 0 fully saturated rings. The Morgan fingerprint density at radius 1 is 1.22 bits per heavy atom. The maximum Gasteiger partial charge on any atom is 0.146 e. The van der Waals surface area contributed by atoms with Gasteiger partial charge in [-0.25, -0.2) is 0 Å². The second kappa shape index (κ2) is 5.69. The molecule has 0 aliphatic heterocycles. The molecule has 92 valence electrons. The first-order chi connectivity index (χ1) is 8.56. The summed E-state index contributed by atoms with van der Waals surface area (Å²) in [7, 11) is 0. The van der Waals surface area contributed by atoms with Gasteiger partial charge in [-0.15, -0.1) is 0 Å². The van der Waals surface area contributed by atoms with E-state index in [9.17, 15) is 0 Å². The molecule has 0 heterocycles. The number of thiocarbonyl (C=S) groups is 1. The van der Waals surface area contributed by atoms with E-state index in [0.717, 1.165) is 10.0 Å². The summed E-state index contributed by atoms with van der Waals surface area (Å²) in [6, 6.07) is 12.7. The van der Waals surface area contributed by atoms with Crippen molar-refractivity contribution in [3.05, 3.63) is 57.5 Å². The molecule has 0 spiro atoms. The summed E-state index contributed by atoms with van der Waals surface area (Å²) in [6.07, 6.45) is 0. The van der Waals surface area contributed by atoms with Crippen LogP contribution in [0.1, 0.15) is 5.56 Å². The zero-order valence-corrected chi connectivity index (χ0v) is 12.3. The fourth-order valence-corrected chi connectivity index (χ4v) is 2.12. The van der Waals surface area contributed by atoms with Crippen molar-refractivity contribution < 1.29 is 4.74 Å². The Hall–Kier alpha value is -1.10. The fourth-order valence-electron chi connectivity index (χ4n) is 1.39. The van der Waals surface area contributed by atoms with Crippen LogP contribution in [0.5, 0.6) is 11.5 Å². The van der Waals surface area contributed by atoms with Crippen molar-refractivity contribution in [1.82, 2.24) is 0 Å². The molecule has 0 saturated carbocycles. The molecule has 5 heteroatoms. The van der Waals surface area contributed by atoms with Crippen molar-refractivity contribution in [2.45, 2.75) is 0 Å². The van der Waals surface area contributed by atoms with Crippen molar-refractivity contribution in [2.75, 3.05) is 0 Å². The first kappa shape index (κ1) is 13.3. The zero-order valence-electron chi connectivity index (χ0n) is 9.19. The highest BCUT2D eigenvalue weighted by Gasteiger charge is 2.06. The van der Waals surface area contributed by atoms with Crippen molar-refractivity contribution in [3.8, 4) is 11.5 Å². The number of hydrogen-bond donors (Lipinski definition) is 1. The largest absolute Gasteiger partial charge is 0.456 e. The van der Waals surface area contributed by atoms with E-state index >= 15 is 0 Å². The maximum absolute atomic E-state index is 6.11. The molecule has 2 nitrogen and oxygen atoms in total. The molecule has 0 aliphatic carbocycles. The molecular weight excluding hydrogens is 334 g/mol. The van der Waals surface area contributed by atoms with Gasteiger partial charge in [-0.3, -0.25) is 0 Å². The summed E-state index contributed by atoms with van der Waals surface area (Å²) in [5.41, 5.74) is 6.25. The number of benzene rings is 2. The Morgan fingerprint density at radius 3 is 2.61 bits per heavy atom. The molecule has 0 aliphatic rings. The SMILES string of the molecule is NC(=S)c1ccc(Oc2cccc(Br)c2)c(Cl)c1. The van der Waals surface area contributed by atoms with Gasteiger partial charge in [-0.2, -0.15) is 0 Å². The number of rotatable bonds is 3. The van der Waals surface area contributed by atoms with Crippen LogP contribution in [0.3, 0.4) is 0 Å². The summed E-state index contributed by atoms with van der Waals surface area (Å²) in [4.78, 5) is 0.311. The lowest BCUT2D eigenvalue weighted by Crippen LogP contribution is -2.08. The molecule has 0 radical (unpaired) electrons. The summed E-state index contributed by atoms with van der Waals surface area (Å²) in [5, 5.41) is 0.472. The Balaban J connectivity index is 2.27. The monoisotopic (exact) mass is 341 g/mol. The lowest BCUT2D eigenvalue weighted by atomic mass is 10.2. The molecule has 2 rings (SSSR count). The van der Waals surface area contributed by atoms with Crippen molar-refractivity contribution in [1.29, 1.82) is 0 Å². The average molecular weight is 343 g/mol. The van der Waals surface area contributed by atoms with Crippen LogP contribution >= 0.6 is 39.7 Å². The number of hydrogen-bond acceptors (Lipinski definition) is 2. The highest BCUT2D eigenvalue weighted by atomic mass is 79.9. The molecule has 0 bridgehead atoms. The fraction of sp³-hybridized carbons (Fsp3) is 0. The van der Waals surface area contributed by atoms with Gasteiger partial charge in [0.1, 0.15) is 16.5 Å². The molecule has 0 atom stereocenters. The average Bonchev–Trinajstić information content (AvgIpc) is 2.31. The van der Waals surface area contributed by atoms with Gasteiger partial charge < -0.3 is 10.5 Å². The minimum atomic E-state index is 0.311. The van der Waals surface area contributed by atoms with E-state index in [4.69, 9.17) is 34.3 Å². The summed E-state index contributed by atoms with van der Waals surface area (Å²) in [5.74, 6) is 1.27. The molecule has 0 unspecified atom stereocenters. The second-order valence-corrected chi connectivity index (χ2v) is 5.33. The van der Waals surface area contributed by atoms with Crippen LogP contribution in [-0.4, -0.2) is 4.99 Å². The van der Waals surface area contributed by atoms with Gasteiger partial charge in [0, 0.05) is 10.0 Å². The van der Waals surface area contributed by atoms with E-state index in [-0.39, 0.29) is 0 Å². The van der Waals surface area contributed by atoms with Crippen LogP contribution in [-0.2, 0) is 0 Å². The van der Waals surface area contributed by atoms with E-state index < -0.39 is 0 Å².